The molecule has 16 heteroatoms. The van der Waals surface area contributed by atoms with Crippen molar-refractivity contribution in [1.29, 1.82) is 5.26 Å². The van der Waals surface area contributed by atoms with Crippen LogP contribution < -0.4 is 15.3 Å². The molecule has 0 amide bonds. The number of hydrogen-bond acceptors (Lipinski definition) is 13. The summed E-state index contributed by atoms with van der Waals surface area (Å²) in [6.07, 6.45) is -3.26. The molecule has 1 aliphatic carbocycles. The molecule has 3 fully saturated rings. The molecule has 3 aromatic rings. The highest BCUT2D eigenvalue weighted by atomic mass is 31.2. The first-order chi connectivity index (χ1) is 19.6. The van der Waals surface area contributed by atoms with Crippen LogP contribution in [0.15, 0.2) is 48.8 Å². The molecule has 0 bridgehead atoms. The Morgan fingerprint density at radius 3 is 2.80 bits per heavy atom. The number of ether oxygens (including phenoxy) is 3. The number of nitrogens with two attached hydrogens (primary N) is 1. The molecular weight excluding hydrogens is 559 g/mol. The quantitative estimate of drug-likeness (QED) is 0.200. The Morgan fingerprint density at radius 2 is 2.12 bits per heavy atom. The fourth-order valence-corrected chi connectivity index (χ4v) is 6.91. The van der Waals surface area contributed by atoms with Crippen LogP contribution in [0.5, 0.6) is 5.75 Å². The van der Waals surface area contributed by atoms with E-state index in [4.69, 9.17) is 29.0 Å². The second kappa shape index (κ2) is 10.0. The highest BCUT2D eigenvalue weighted by Gasteiger charge is 2.90. The number of carbonyl (C=O) groups is 1. The van der Waals surface area contributed by atoms with Crippen LogP contribution in [0, 0.1) is 11.3 Å². The summed E-state index contributed by atoms with van der Waals surface area (Å²) < 4.78 is 43.3. The lowest BCUT2D eigenvalue weighted by Gasteiger charge is -2.26. The Kier molecular flexibility index (Phi) is 6.74. The van der Waals surface area contributed by atoms with E-state index in [0.717, 1.165) is 0 Å². The number of hydrogen-bond donors (Lipinski definition) is 4. The number of nitrogen functional groups attached to an aromatic ring is 1. The van der Waals surface area contributed by atoms with Crippen molar-refractivity contribution in [2.45, 2.75) is 55.0 Å². The first-order valence-corrected chi connectivity index (χ1v) is 14.3. The Balaban J connectivity index is 1.25. The molecule has 4 heterocycles. The van der Waals surface area contributed by atoms with Crippen molar-refractivity contribution in [2.75, 3.05) is 18.9 Å². The standard InChI is InChI=1S/C25H27N6O9P/c1-14(22(33)37-16-9-10-36-11-16)30-41(35,39-15-5-3-2-4-6-15)40-23-24(12-26)25(23,34)20(32)19(38-24)17-7-8-18-21(27)28-13-29-31(17)18/h2-8,13-14,16,19-20,23,32,34H,9-11H2,1H3,(H,30,35)(H2,27,28,29)/t14-,16+,19-,20-,23?,24+,25+,41-/m0/s1. The largest absolute Gasteiger partial charge is 0.459 e. The predicted molar refractivity (Wildman–Crippen MR) is 138 cm³/mol. The summed E-state index contributed by atoms with van der Waals surface area (Å²) in [6.45, 7) is 2.11. The van der Waals surface area contributed by atoms with Crippen molar-refractivity contribution in [3.05, 3.63) is 54.5 Å². The summed E-state index contributed by atoms with van der Waals surface area (Å²) in [5.41, 5.74) is 2.19. The minimum absolute atomic E-state index is 0.119. The van der Waals surface area contributed by atoms with Crippen LogP contribution in [0.25, 0.3) is 5.52 Å². The minimum Gasteiger partial charge on any atom is -0.459 e. The zero-order valence-electron chi connectivity index (χ0n) is 21.7. The maximum absolute atomic E-state index is 14.1. The molecule has 41 heavy (non-hydrogen) atoms. The van der Waals surface area contributed by atoms with Crippen molar-refractivity contribution in [3.8, 4) is 11.8 Å². The highest BCUT2D eigenvalue weighted by Crippen LogP contribution is 2.68. The van der Waals surface area contributed by atoms with Gasteiger partial charge in [-0.25, -0.2) is 14.1 Å². The smallest absolute Gasteiger partial charge is 0.459 e. The summed E-state index contributed by atoms with van der Waals surface area (Å²) >= 11 is 0. The van der Waals surface area contributed by atoms with Gasteiger partial charge in [-0.2, -0.15) is 15.4 Å². The van der Waals surface area contributed by atoms with Gasteiger partial charge in [0.25, 0.3) is 0 Å². The number of aliphatic hydroxyl groups excluding tert-OH is 1. The molecule has 8 atom stereocenters. The molecule has 0 spiro atoms. The molecular formula is C25H27N6O9P. The summed E-state index contributed by atoms with van der Waals surface area (Å²) in [5.74, 6) is -0.437. The highest BCUT2D eigenvalue weighted by molar-refractivity contribution is 7.52. The summed E-state index contributed by atoms with van der Waals surface area (Å²) in [5, 5.41) is 39.4. The van der Waals surface area contributed by atoms with Gasteiger partial charge in [0.15, 0.2) is 17.5 Å². The average molecular weight is 586 g/mol. The molecule has 1 unspecified atom stereocenters. The van der Waals surface area contributed by atoms with Gasteiger partial charge in [-0.1, -0.05) is 18.2 Å². The molecule has 2 aliphatic heterocycles. The van der Waals surface area contributed by atoms with Crippen LogP contribution in [0.2, 0.25) is 0 Å². The van der Waals surface area contributed by atoms with Crippen LogP contribution in [-0.2, 0) is 28.1 Å². The van der Waals surface area contributed by atoms with E-state index in [9.17, 15) is 24.8 Å². The number of nitrogens with one attached hydrogen (secondary N) is 1. The minimum atomic E-state index is -4.52. The monoisotopic (exact) mass is 586 g/mol. The van der Waals surface area contributed by atoms with Crippen LogP contribution >= 0.6 is 7.75 Å². The lowest BCUT2D eigenvalue weighted by atomic mass is 10.0. The topological polar surface area (TPSA) is 213 Å². The molecule has 15 nitrogen and oxygen atoms in total. The van der Waals surface area contributed by atoms with Crippen LogP contribution in [0.1, 0.15) is 25.1 Å². The first kappa shape index (κ1) is 27.6. The molecule has 216 valence electrons. The van der Waals surface area contributed by atoms with Crippen LogP contribution in [0.4, 0.5) is 5.82 Å². The van der Waals surface area contributed by atoms with Crippen LogP contribution in [-0.4, -0.2) is 79.6 Å². The Hall–Kier alpha value is -3.61. The molecule has 0 radical (unpaired) electrons. The molecule has 6 rings (SSSR count). The van der Waals surface area contributed by atoms with E-state index in [1.54, 1.807) is 30.3 Å². The van der Waals surface area contributed by atoms with Gasteiger partial charge in [-0.3, -0.25) is 9.32 Å². The summed E-state index contributed by atoms with van der Waals surface area (Å²) in [7, 11) is -4.52. The van der Waals surface area contributed by atoms with E-state index in [1.165, 1.54) is 29.9 Å². The van der Waals surface area contributed by atoms with E-state index in [0.29, 0.717) is 24.2 Å². The summed E-state index contributed by atoms with van der Waals surface area (Å²) in [6, 6.07) is 11.8. The van der Waals surface area contributed by atoms with E-state index in [2.05, 4.69) is 15.2 Å². The number of para-hydroxylation sites is 1. The van der Waals surface area contributed by atoms with E-state index < -0.39 is 55.4 Å². The van der Waals surface area contributed by atoms with Crippen molar-refractivity contribution >= 4 is 25.1 Å². The van der Waals surface area contributed by atoms with Crippen molar-refractivity contribution < 1.29 is 42.8 Å². The van der Waals surface area contributed by atoms with Gasteiger partial charge in [0.1, 0.15) is 48.0 Å². The third-order valence-corrected chi connectivity index (χ3v) is 9.03. The Labute approximate surface area is 233 Å². The fourth-order valence-electron chi connectivity index (χ4n) is 5.19. The van der Waals surface area contributed by atoms with Gasteiger partial charge in [-0.15, -0.1) is 0 Å². The third-order valence-electron chi connectivity index (χ3n) is 7.39. The molecule has 5 N–H and O–H groups in total. The van der Waals surface area contributed by atoms with Crippen LogP contribution in [0.3, 0.4) is 0 Å². The predicted octanol–water partition coefficient (Wildman–Crippen LogP) is 0.633. The van der Waals surface area contributed by atoms with Gasteiger partial charge >= 0.3 is 13.7 Å². The van der Waals surface area contributed by atoms with Gasteiger partial charge in [0.05, 0.1) is 18.9 Å². The van der Waals surface area contributed by atoms with E-state index in [-0.39, 0.29) is 18.2 Å². The van der Waals surface area contributed by atoms with Crippen molar-refractivity contribution in [1.82, 2.24) is 19.7 Å². The number of anilines is 1. The number of nitriles is 1. The molecule has 2 aromatic heterocycles. The lowest BCUT2D eigenvalue weighted by molar-refractivity contribution is -0.150. The van der Waals surface area contributed by atoms with Gasteiger partial charge in [-0.05, 0) is 31.2 Å². The van der Waals surface area contributed by atoms with E-state index >= 15 is 0 Å². The number of nitrogens with zero attached hydrogens (tertiary/aromatic N) is 4. The molecule has 1 saturated carbocycles. The number of aliphatic hydroxyl groups is 2. The number of esters is 1. The average Bonchev–Trinajstić information content (AvgIpc) is 3.47. The van der Waals surface area contributed by atoms with Gasteiger partial charge < -0.3 is 34.7 Å². The Morgan fingerprint density at radius 1 is 1.34 bits per heavy atom. The zero-order valence-corrected chi connectivity index (χ0v) is 22.6. The Bertz CT molecular complexity index is 1560. The SMILES string of the molecule is C[C@H](N[P@](=O)(Oc1ccccc1)OC1[C@@]2(C#N)O[C@@H](c3ccc4c(N)ncnn34)[C@H](O)[C@@]12O)C(=O)O[C@@H]1CCOC1. The molecule has 3 aliphatic rings. The van der Waals surface area contributed by atoms with Crippen molar-refractivity contribution in [3.63, 3.8) is 0 Å². The third kappa shape index (κ3) is 4.45. The summed E-state index contributed by atoms with van der Waals surface area (Å²) in [4.78, 5) is 16.6. The van der Waals surface area contributed by atoms with Gasteiger partial charge in [0, 0.05) is 6.42 Å². The van der Waals surface area contributed by atoms with E-state index in [1.807, 2.05) is 6.07 Å². The van der Waals surface area contributed by atoms with Crippen molar-refractivity contribution in [2.24, 2.45) is 0 Å². The van der Waals surface area contributed by atoms with Gasteiger partial charge in [0.2, 0.25) is 5.60 Å². The number of benzene rings is 1. The second-order valence-electron chi connectivity index (χ2n) is 10.0. The number of rotatable bonds is 9. The fraction of sp³-hybridized carbons (Fsp3) is 0.440. The maximum Gasteiger partial charge on any atom is 0.459 e. The number of fused-ring (bicyclic) bond motifs is 2. The second-order valence-corrected chi connectivity index (χ2v) is 11.7. The zero-order chi connectivity index (χ0) is 29.0. The molecule has 1 aromatic carbocycles. The first-order valence-electron chi connectivity index (χ1n) is 12.8. The lowest BCUT2D eigenvalue weighted by Crippen LogP contribution is -2.39. The normalized spacial score (nSPS) is 32.5. The number of aromatic nitrogens is 3. The molecule has 2 saturated heterocycles. The maximum atomic E-state index is 14.1. The number of carbonyl (C=O) groups excluding carboxylic acids is 1.